The predicted molar refractivity (Wildman–Crippen MR) is 571 cm³/mol. The van der Waals surface area contributed by atoms with Crippen molar-refractivity contribution in [1.82, 2.24) is 0 Å². The maximum Gasteiger partial charge on any atom is 0 e. The minimum absolute atomic E-state index is 0. The second-order valence-corrected chi connectivity index (χ2v) is 33.6. The maximum absolute atomic E-state index is 3.43. The van der Waals surface area contributed by atoms with Crippen molar-refractivity contribution in [2.75, 3.05) is 0 Å². The van der Waals surface area contributed by atoms with Gasteiger partial charge in [-0.05, 0) is 17.3 Å². The summed E-state index contributed by atoms with van der Waals surface area (Å²) in [5.41, 5.74) is 29.0. The van der Waals surface area contributed by atoms with Gasteiger partial charge in [-0.25, -0.2) is 111 Å². The van der Waals surface area contributed by atoms with Gasteiger partial charge < -0.3 is 0 Å². The van der Waals surface area contributed by atoms with E-state index in [0.29, 0.717) is 23.7 Å². The molecule has 0 atom stereocenters. The van der Waals surface area contributed by atoms with Crippen LogP contribution in [-0.2, 0) is 169 Å². The van der Waals surface area contributed by atoms with Gasteiger partial charge in [-0.15, -0.1) is 132 Å². The summed E-state index contributed by atoms with van der Waals surface area (Å²) in [6, 6.07) is 215. The third kappa shape index (κ3) is 42.4. The van der Waals surface area contributed by atoms with Crippen LogP contribution in [0.1, 0.15) is 128 Å². The number of hydrogen-bond acceptors (Lipinski definition) is 0. The zero-order valence-corrected chi connectivity index (χ0v) is 96.7. The Labute approximate surface area is 971 Å². The average Bonchev–Trinajstić information content (AvgIpc) is 0.835. The van der Waals surface area contributed by atoms with E-state index >= 15 is 0 Å². The SMILES string of the molecule is CC(C)(C)c1c[c-]c(-c2[c-]cccc2)cc1.CC(C)c1[c-]c(-c2[c-]cccc2)ccc1.CC(C)c1cc[c-]c(-c2[c-]cccc2)c1.CC(C)c1ccc[c-]c1-c1[c-]cccc1.CC(C)c1ccc[c-]c1-c1[c-]cccc1.[Y].[Y].[Y].[Y].[Y].[c-]1ccccc1-c1[c-]cccc1.[c-]1ccccc1-c1[c-]cccc1.[c-]1ccccc1-c1[c-]cccc1.[c-]1ccccc1-c1[c-]cccc1.[c-]1ccccc1-c1[c-]cccc1. The average molecular weight is 2190 g/mol. The molecule has 0 aromatic heterocycles. The minimum atomic E-state index is 0. The van der Waals surface area contributed by atoms with Crippen molar-refractivity contribution >= 4 is 0 Å². The second kappa shape index (κ2) is 68.2. The van der Waals surface area contributed by atoms with E-state index in [1.165, 1.54) is 38.9 Å². The Balaban J connectivity index is 0.000000239. The summed E-state index contributed by atoms with van der Waals surface area (Å²) in [4.78, 5) is 0. The molecule has 0 heterocycles. The molecule has 141 heavy (non-hydrogen) atoms. The van der Waals surface area contributed by atoms with Gasteiger partial charge in [-0.2, -0.15) is 472 Å². The molecule has 0 fully saturated rings. The van der Waals surface area contributed by atoms with Crippen LogP contribution in [0, 0.1) is 121 Å². The van der Waals surface area contributed by atoms with Crippen molar-refractivity contribution in [2.45, 2.75) is 105 Å². The van der Waals surface area contributed by atoms with Gasteiger partial charge in [-0.1, -0.05) is 88.0 Å². The molecule has 0 spiro atoms. The number of rotatable bonds is 14. The van der Waals surface area contributed by atoms with Crippen LogP contribution in [0.15, 0.2) is 455 Å². The molecule has 0 aliphatic heterocycles. The largest absolute Gasteiger partial charge is 0.226 e. The molecular formula is C136H112Y5-20. The van der Waals surface area contributed by atoms with E-state index in [2.05, 4.69) is 288 Å². The quantitative estimate of drug-likeness (QED) is 0.0952. The van der Waals surface area contributed by atoms with Gasteiger partial charge in [0.25, 0.3) is 0 Å². The molecule has 0 bridgehead atoms. The van der Waals surface area contributed by atoms with Gasteiger partial charge in [0, 0.05) is 164 Å². The van der Waals surface area contributed by atoms with Gasteiger partial charge in [0.15, 0.2) is 0 Å². The molecule has 0 saturated heterocycles. The van der Waals surface area contributed by atoms with Crippen LogP contribution in [0.3, 0.4) is 0 Å². The molecule has 0 aliphatic carbocycles. The molecule has 20 aromatic carbocycles. The minimum Gasteiger partial charge on any atom is -0.226 e. The molecule has 5 heteroatoms. The van der Waals surface area contributed by atoms with E-state index in [4.69, 9.17) is 0 Å². The molecule has 0 nitrogen and oxygen atoms in total. The third-order valence-corrected chi connectivity index (χ3v) is 21.1. The number of benzene rings is 20. The van der Waals surface area contributed by atoms with Gasteiger partial charge in [0.2, 0.25) is 0 Å². The van der Waals surface area contributed by atoms with Gasteiger partial charge in [0.05, 0.1) is 0 Å². The summed E-state index contributed by atoms with van der Waals surface area (Å²) >= 11 is 0. The summed E-state index contributed by atoms with van der Waals surface area (Å²) in [6.07, 6.45) is 0. The van der Waals surface area contributed by atoms with Crippen molar-refractivity contribution < 1.29 is 164 Å². The van der Waals surface area contributed by atoms with E-state index in [0.717, 1.165) is 100 Å². The van der Waals surface area contributed by atoms with Gasteiger partial charge >= 0.3 is 0 Å². The van der Waals surface area contributed by atoms with Crippen LogP contribution in [0.4, 0.5) is 0 Å². The maximum atomic E-state index is 3.43. The molecular weight excluding hydrogens is 2080 g/mol. The molecule has 691 valence electrons. The Morgan fingerprint density at radius 3 is 0.603 bits per heavy atom. The molecule has 20 aromatic rings. The predicted octanol–water partition coefficient (Wildman–Crippen LogP) is 35.3. The molecule has 0 N–H and O–H groups in total. The molecule has 0 amide bonds. The van der Waals surface area contributed by atoms with Gasteiger partial charge in [0.1, 0.15) is 0 Å². The van der Waals surface area contributed by atoms with Crippen LogP contribution < -0.4 is 0 Å². The summed E-state index contributed by atoms with van der Waals surface area (Å²) in [6.45, 7) is 24.2. The normalized spacial score (nSPS) is 9.92. The van der Waals surface area contributed by atoms with E-state index < -0.39 is 0 Å². The Hall–Kier alpha value is -10.1. The van der Waals surface area contributed by atoms with Crippen molar-refractivity contribution in [3.05, 3.63) is 604 Å². The van der Waals surface area contributed by atoms with Crippen LogP contribution in [-0.4, -0.2) is 0 Å². The molecule has 0 saturated carbocycles. The van der Waals surface area contributed by atoms with Crippen LogP contribution in [0.2, 0.25) is 0 Å². The second-order valence-electron chi connectivity index (χ2n) is 33.6. The van der Waals surface area contributed by atoms with Crippen molar-refractivity contribution in [1.29, 1.82) is 0 Å². The van der Waals surface area contributed by atoms with E-state index in [9.17, 15) is 0 Å². The third-order valence-electron chi connectivity index (χ3n) is 21.1. The Morgan fingerprint density at radius 2 is 0.390 bits per heavy atom. The topological polar surface area (TPSA) is 0 Å². The van der Waals surface area contributed by atoms with Gasteiger partial charge in [-0.3, -0.25) is 0 Å². The Kier molecular flexibility index (Phi) is 57.9. The molecule has 20 rings (SSSR count). The van der Waals surface area contributed by atoms with Crippen molar-refractivity contribution in [2.24, 2.45) is 0 Å². The molecule has 5 radical (unpaired) electrons. The van der Waals surface area contributed by atoms with Crippen LogP contribution in [0.5, 0.6) is 0 Å². The van der Waals surface area contributed by atoms with Crippen LogP contribution in [0.25, 0.3) is 111 Å². The zero-order valence-electron chi connectivity index (χ0n) is 82.5. The fraction of sp³-hybridized carbons (Fsp3) is 0.118. The Morgan fingerprint density at radius 1 is 0.170 bits per heavy atom. The first-order valence-corrected chi connectivity index (χ1v) is 46.1. The van der Waals surface area contributed by atoms with Crippen molar-refractivity contribution in [3.8, 4) is 111 Å². The monoisotopic (exact) mass is 2190 g/mol. The van der Waals surface area contributed by atoms with Crippen LogP contribution >= 0.6 is 0 Å². The summed E-state index contributed by atoms with van der Waals surface area (Å²) in [7, 11) is 0. The van der Waals surface area contributed by atoms with E-state index in [1.807, 2.05) is 364 Å². The summed E-state index contributed by atoms with van der Waals surface area (Å²) in [5.74, 6) is 2.12. The Bertz CT molecular complexity index is 5770. The first kappa shape index (κ1) is 120. The zero-order chi connectivity index (χ0) is 95.4. The van der Waals surface area contributed by atoms with Crippen molar-refractivity contribution in [3.63, 3.8) is 0 Å². The first-order valence-electron chi connectivity index (χ1n) is 46.1. The molecule has 0 unspecified atom stereocenters. The van der Waals surface area contributed by atoms with E-state index in [1.54, 1.807) is 0 Å². The number of hydrogen-bond donors (Lipinski definition) is 0. The van der Waals surface area contributed by atoms with E-state index in [-0.39, 0.29) is 169 Å². The fourth-order valence-electron chi connectivity index (χ4n) is 13.8. The summed E-state index contributed by atoms with van der Waals surface area (Å²) < 4.78 is 0. The molecule has 0 aliphatic rings. The smallest absolute Gasteiger partial charge is 0 e. The standard InChI is InChI=1S/C16H16.4C15H14.5C12H8.5Y/c1-16(2,3)15-11-9-14(10-12-15)13-7-5-4-6-8-13;2*1-12(2)14-10-6-7-11-15(14)13-8-4-3-5-9-13;2*1-12(2)14-9-6-10-15(11-14)13-7-4-3-5-8-13;5*1-3-7-11(8-4-1)12-9-5-2-6-10-12;;;;;/h4-7,9,11-12H,1-3H3;2*3-8,10,12H,1-2H3;3-7,9,11-12H,1-2H3;3-7,9-10,12H,1-2H3;5*1-7,9H;;;;;/q10*-2;;;;;. The summed E-state index contributed by atoms with van der Waals surface area (Å²) in [5, 5.41) is 0. The first-order chi connectivity index (χ1) is 66.5. The fourth-order valence-corrected chi connectivity index (χ4v) is 13.8.